The fourth-order valence-corrected chi connectivity index (χ4v) is 2.34. The Kier molecular flexibility index (Phi) is 4.56. The van der Waals surface area contributed by atoms with Crippen LogP contribution in [0.5, 0.6) is 0 Å². The molecule has 1 rings (SSSR count). The number of ether oxygens (including phenoxy) is 2. The molecule has 3 atom stereocenters. The lowest BCUT2D eigenvalue weighted by atomic mass is 9.65. The highest BCUT2D eigenvalue weighted by molar-refractivity contribution is 4.88. The van der Waals surface area contributed by atoms with Gasteiger partial charge in [-0.1, -0.05) is 20.8 Å². The highest BCUT2D eigenvalue weighted by Gasteiger charge is 2.38. The van der Waals surface area contributed by atoms with Gasteiger partial charge in [-0.05, 0) is 24.2 Å². The number of aliphatic hydroxyl groups is 1. The van der Waals surface area contributed by atoms with Crippen molar-refractivity contribution in [2.45, 2.75) is 39.7 Å². The molecule has 15 heavy (non-hydrogen) atoms. The lowest BCUT2D eigenvalue weighted by Gasteiger charge is -2.43. The van der Waals surface area contributed by atoms with Crippen LogP contribution in [0.15, 0.2) is 0 Å². The number of hydrogen-bond donors (Lipinski definition) is 1. The van der Waals surface area contributed by atoms with E-state index >= 15 is 0 Å². The minimum Gasteiger partial charge on any atom is -0.393 e. The van der Waals surface area contributed by atoms with Crippen molar-refractivity contribution >= 4 is 0 Å². The van der Waals surface area contributed by atoms with E-state index in [4.69, 9.17) is 9.47 Å². The van der Waals surface area contributed by atoms with Gasteiger partial charge in [-0.15, -0.1) is 0 Å². The average molecular weight is 216 g/mol. The van der Waals surface area contributed by atoms with Crippen LogP contribution in [0.2, 0.25) is 0 Å². The molecule has 1 aliphatic rings. The van der Waals surface area contributed by atoms with E-state index < -0.39 is 0 Å². The van der Waals surface area contributed by atoms with Gasteiger partial charge in [0.05, 0.1) is 12.7 Å². The third-order valence-electron chi connectivity index (χ3n) is 3.79. The van der Waals surface area contributed by atoms with Gasteiger partial charge in [-0.3, -0.25) is 0 Å². The molecule has 3 heteroatoms. The van der Waals surface area contributed by atoms with E-state index in [9.17, 15) is 5.11 Å². The summed E-state index contributed by atoms with van der Waals surface area (Å²) in [5, 5.41) is 9.95. The van der Waals surface area contributed by atoms with Gasteiger partial charge < -0.3 is 14.6 Å². The second-order valence-corrected chi connectivity index (χ2v) is 5.43. The smallest absolute Gasteiger partial charge is 0.146 e. The van der Waals surface area contributed by atoms with Gasteiger partial charge in [0.15, 0.2) is 0 Å². The van der Waals surface area contributed by atoms with Crippen molar-refractivity contribution in [1.82, 2.24) is 0 Å². The molecule has 0 heterocycles. The van der Waals surface area contributed by atoms with E-state index in [1.165, 1.54) is 0 Å². The van der Waals surface area contributed by atoms with Crippen molar-refractivity contribution < 1.29 is 14.6 Å². The molecule has 0 bridgehead atoms. The summed E-state index contributed by atoms with van der Waals surface area (Å²) in [6.07, 6.45) is 1.69. The Morgan fingerprint density at radius 2 is 2.07 bits per heavy atom. The maximum Gasteiger partial charge on any atom is 0.146 e. The zero-order valence-electron chi connectivity index (χ0n) is 10.3. The van der Waals surface area contributed by atoms with Gasteiger partial charge in [-0.2, -0.15) is 0 Å². The fourth-order valence-electron chi connectivity index (χ4n) is 2.34. The van der Waals surface area contributed by atoms with E-state index in [0.717, 1.165) is 12.8 Å². The van der Waals surface area contributed by atoms with E-state index in [2.05, 4.69) is 20.8 Å². The van der Waals surface area contributed by atoms with Crippen LogP contribution in [0.4, 0.5) is 0 Å². The average Bonchev–Trinajstić information content (AvgIpc) is 2.14. The molecule has 1 saturated carbocycles. The zero-order valence-corrected chi connectivity index (χ0v) is 10.3. The van der Waals surface area contributed by atoms with Gasteiger partial charge >= 0.3 is 0 Å². The quantitative estimate of drug-likeness (QED) is 0.577. The van der Waals surface area contributed by atoms with E-state index in [1.807, 2.05) is 0 Å². The maximum atomic E-state index is 9.95. The number of methoxy groups -OCH3 is 1. The largest absolute Gasteiger partial charge is 0.393 e. The summed E-state index contributed by atoms with van der Waals surface area (Å²) in [5.74, 6) is 0.831. The third kappa shape index (κ3) is 3.44. The third-order valence-corrected chi connectivity index (χ3v) is 3.79. The molecular weight excluding hydrogens is 192 g/mol. The summed E-state index contributed by atoms with van der Waals surface area (Å²) in [6, 6.07) is 0. The first-order chi connectivity index (χ1) is 6.97. The van der Waals surface area contributed by atoms with Crippen molar-refractivity contribution in [2.75, 3.05) is 20.5 Å². The van der Waals surface area contributed by atoms with Crippen molar-refractivity contribution in [1.29, 1.82) is 0 Å². The first-order valence-electron chi connectivity index (χ1n) is 5.72. The van der Waals surface area contributed by atoms with Gasteiger partial charge in [-0.25, -0.2) is 0 Å². The summed E-state index contributed by atoms with van der Waals surface area (Å²) in [4.78, 5) is 0. The van der Waals surface area contributed by atoms with E-state index in [1.54, 1.807) is 7.11 Å². The van der Waals surface area contributed by atoms with Crippen LogP contribution in [0.25, 0.3) is 0 Å². The Bertz CT molecular complexity index is 191. The molecule has 90 valence electrons. The summed E-state index contributed by atoms with van der Waals surface area (Å²) >= 11 is 0. The minimum atomic E-state index is -0.218. The molecule has 1 N–H and O–H groups in total. The number of rotatable bonds is 4. The molecule has 0 saturated heterocycles. The van der Waals surface area contributed by atoms with Crippen LogP contribution in [-0.2, 0) is 9.47 Å². The molecule has 0 radical (unpaired) electrons. The van der Waals surface area contributed by atoms with Gasteiger partial charge in [0.1, 0.15) is 6.79 Å². The first-order valence-corrected chi connectivity index (χ1v) is 5.72. The molecule has 0 aromatic heterocycles. The van der Waals surface area contributed by atoms with Crippen molar-refractivity contribution in [3.63, 3.8) is 0 Å². The Morgan fingerprint density at radius 1 is 1.40 bits per heavy atom. The highest BCUT2D eigenvalue weighted by atomic mass is 16.7. The zero-order chi connectivity index (χ0) is 11.5. The lowest BCUT2D eigenvalue weighted by molar-refractivity contribution is -0.0905. The predicted molar refractivity (Wildman–Crippen MR) is 59.5 cm³/mol. The van der Waals surface area contributed by atoms with Crippen LogP contribution in [0.3, 0.4) is 0 Å². The Labute approximate surface area is 92.8 Å². The first kappa shape index (κ1) is 12.9. The lowest BCUT2D eigenvalue weighted by Crippen LogP contribution is -2.41. The van der Waals surface area contributed by atoms with Crippen LogP contribution < -0.4 is 0 Å². The fraction of sp³-hybridized carbons (Fsp3) is 1.00. The van der Waals surface area contributed by atoms with Crippen molar-refractivity contribution in [2.24, 2.45) is 17.3 Å². The molecule has 1 aliphatic carbocycles. The van der Waals surface area contributed by atoms with Gasteiger partial charge in [0, 0.05) is 13.0 Å². The minimum absolute atomic E-state index is 0.218. The van der Waals surface area contributed by atoms with Gasteiger partial charge in [0.2, 0.25) is 0 Å². The SMILES string of the molecule is COCOC[C@@H]1CC(C)(C)[C@@H](C)C[C@@H]1O. The molecule has 1 fully saturated rings. The molecule has 0 unspecified atom stereocenters. The summed E-state index contributed by atoms with van der Waals surface area (Å²) < 4.78 is 10.2. The molecule has 3 nitrogen and oxygen atoms in total. The molecule has 0 aliphatic heterocycles. The van der Waals surface area contributed by atoms with Crippen LogP contribution in [0.1, 0.15) is 33.6 Å². The topological polar surface area (TPSA) is 38.7 Å². The number of hydrogen-bond acceptors (Lipinski definition) is 3. The standard InChI is InChI=1S/C12H24O3/c1-9-5-11(13)10(6-12(9,2)3)7-15-8-14-4/h9-11,13H,5-8H2,1-4H3/t9-,10-,11-/m0/s1. The highest BCUT2D eigenvalue weighted by Crippen LogP contribution is 2.43. The molecule has 0 spiro atoms. The van der Waals surface area contributed by atoms with E-state index in [0.29, 0.717) is 24.7 Å². The Hall–Kier alpha value is -0.120. The molecule has 0 aromatic rings. The second-order valence-electron chi connectivity index (χ2n) is 5.43. The van der Waals surface area contributed by atoms with Crippen LogP contribution >= 0.6 is 0 Å². The Morgan fingerprint density at radius 3 is 2.67 bits per heavy atom. The maximum absolute atomic E-state index is 9.95. The van der Waals surface area contributed by atoms with Crippen molar-refractivity contribution in [3.05, 3.63) is 0 Å². The second kappa shape index (κ2) is 5.28. The Balaban J connectivity index is 2.43. The summed E-state index contributed by atoms with van der Waals surface area (Å²) in [5.41, 5.74) is 0.306. The van der Waals surface area contributed by atoms with Crippen molar-refractivity contribution in [3.8, 4) is 0 Å². The predicted octanol–water partition coefficient (Wildman–Crippen LogP) is 2.04. The summed E-state index contributed by atoms with van der Waals surface area (Å²) in [7, 11) is 1.61. The van der Waals surface area contributed by atoms with Gasteiger partial charge in [0.25, 0.3) is 0 Å². The van der Waals surface area contributed by atoms with Crippen LogP contribution in [-0.4, -0.2) is 31.7 Å². The normalized spacial score (nSPS) is 35.4. The molecular formula is C12H24O3. The monoisotopic (exact) mass is 216 g/mol. The molecule has 0 aromatic carbocycles. The molecule has 0 amide bonds. The number of aliphatic hydroxyl groups excluding tert-OH is 1. The summed E-state index contributed by atoms with van der Waals surface area (Å²) in [6.45, 7) is 7.68. The van der Waals surface area contributed by atoms with E-state index in [-0.39, 0.29) is 12.0 Å². The van der Waals surface area contributed by atoms with Crippen LogP contribution in [0, 0.1) is 17.3 Å².